The molecule has 0 spiro atoms. The van der Waals surface area contributed by atoms with Gasteiger partial charge in [-0.05, 0) is 25.0 Å². The number of rotatable bonds is 3. The SMILES string of the molecule is CCC1(CC)C(=O)N(c2ccccc2)N=C1[O-].[Na+]. The zero-order valence-electron chi connectivity index (χ0n) is 11.0. The molecule has 0 unspecified atom stereocenters. The van der Waals surface area contributed by atoms with Crippen LogP contribution in [0.25, 0.3) is 0 Å². The maximum absolute atomic E-state index is 12.3. The summed E-state index contributed by atoms with van der Waals surface area (Å²) in [6, 6.07) is 9.05. The largest absolute Gasteiger partial charge is 1.00 e. The van der Waals surface area contributed by atoms with Crippen LogP contribution in [0.2, 0.25) is 0 Å². The van der Waals surface area contributed by atoms with Crippen LogP contribution < -0.4 is 39.7 Å². The first kappa shape index (κ1) is 15.2. The first-order valence-corrected chi connectivity index (χ1v) is 5.81. The predicted molar refractivity (Wildman–Crippen MR) is 64.4 cm³/mol. The van der Waals surface area contributed by atoms with E-state index in [1.165, 1.54) is 5.01 Å². The summed E-state index contributed by atoms with van der Waals surface area (Å²) in [4.78, 5) is 12.3. The molecule has 0 aliphatic carbocycles. The van der Waals surface area contributed by atoms with Gasteiger partial charge in [-0.25, -0.2) is 5.01 Å². The number of hydrazone groups is 1. The summed E-state index contributed by atoms with van der Waals surface area (Å²) >= 11 is 0. The molecule has 4 nitrogen and oxygen atoms in total. The van der Waals surface area contributed by atoms with Gasteiger partial charge < -0.3 is 5.11 Å². The van der Waals surface area contributed by atoms with Gasteiger partial charge in [0, 0.05) is 5.90 Å². The summed E-state index contributed by atoms with van der Waals surface area (Å²) in [5.74, 6) is -0.532. The van der Waals surface area contributed by atoms with E-state index in [4.69, 9.17) is 0 Å². The van der Waals surface area contributed by atoms with E-state index < -0.39 is 5.41 Å². The van der Waals surface area contributed by atoms with Crippen LogP contribution in [-0.4, -0.2) is 11.8 Å². The Kier molecular flexibility index (Phi) is 4.96. The summed E-state index contributed by atoms with van der Waals surface area (Å²) in [5, 5.41) is 17.0. The van der Waals surface area contributed by atoms with Crippen LogP contribution >= 0.6 is 0 Å². The molecule has 0 bridgehead atoms. The number of hydrogen-bond donors (Lipinski definition) is 0. The number of carbonyl (C=O) groups excluding carboxylic acids is 1. The Morgan fingerprint density at radius 1 is 1.22 bits per heavy atom. The van der Waals surface area contributed by atoms with Gasteiger partial charge in [0.1, 0.15) is 0 Å². The van der Waals surface area contributed by atoms with Gasteiger partial charge in [0.25, 0.3) is 5.91 Å². The first-order chi connectivity index (χ1) is 8.15. The van der Waals surface area contributed by atoms with E-state index in [1.54, 1.807) is 12.1 Å². The molecule has 0 atom stereocenters. The van der Waals surface area contributed by atoms with E-state index >= 15 is 0 Å². The van der Waals surface area contributed by atoms with Crippen molar-refractivity contribution < 1.29 is 39.5 Å². The minimum Gasteiger partial charge on any atom is -0.860 e. The molecule has 0 fully saturated rings. The van der Waals surface area contributed by atoms with E-state index in [0.29, 0.717) is 18.5 Å². The summed E-state index contributed by atoms with van der Waals surface area (Å²) in [7, 11) is 0. The number of nitrogens with zero attached hydrogens (tertiary/aromatic N) is 2. The molecule has 1 aliphatic rings. The van der Waals surface area contributed by atoms with Gasteiger partial charge in [0.05, 0.1) is 11.1 Å². The van der Waals surface area contributed by atoms with Gasteiger partial charge in [-0.15, -0.1) is 0 Å². The molecule has 1 heterocycles. The Balaban J connectivity index is 0.00000162. The van der Waals surface area contributed by atoms with Crippen molar-refractivity contribution in [2.45, 2.75) is 26.7 Å². The fraction of sp³-hybridized carbons (Fsp3) is 0.385. The minimum atomic E-state index is -0.949. The van der Waals surface area contributed by atoms with Crippen molar-refractivity contribution in [3.8, 4) is 0 Å². The average molecular weight is 254 g/mol. The van der Waals surface area contributed by atoms with E-state index in [-0.39, 0.29) is 41.4 Å². The number of carbonyl (C=O) groups is 1. The Labute approximate surface area is 129 Å². The van der Waals surface area contributed by atoms with Crippen LogP contribution in [0.1, 0.15) is 26.7 Å². The van der Waals surface area contributed by atoms with Crippen LogP contribution in [0, 0.1) is 5.41 Å². The summed E-state index contributed by atoms with van der Waals surface area (Å²) in [5.41, 5.74) is -0.301. The molecule has 0 radical (unpaired) electrons. The number of benzene rings is 1. The molecule has 2 rings (SSSR count). The monoisotopic (exact) mass is 254 g/mol. The maximum atomic E-state index is 12.3. The molecule has 18 heavy (non-hydrogen) atoms. The van der Waals surface area contributed by atoms with E-state index in [0.717, 1.165) is 0 Å². The number of amides is 1. The van der Waals surface area contributed by atoms with Crippen LogP contribution in [0.3, 0.4) is 0 Å². The molecule has 1 aromatic carbocycles. The van der Waals surface area contributed by atoms with E-state index in [9.17, 15) is 9.90 Å². The van der Waals surface area contributed by atoms with Crippen molar-refractivity contribution >= 4 is 17.5 Å². The van der Waals surface area contributed by atoms with Gasteiger partial charge in [-0.1, -0.05) is 32.0 Å². The minimum absolute atomic E-state index is 0. The molecule has 0 saturated carbocycles. The van der Waals surface area contributed by atoms with Gasteiger partial charge in [-0.3, -0.25) is 4.79 Å². The van der Waals surface area contributed by atoms with Gasteiger partial charge >= 0.3 is 29.6 Å². The fourth-order valence-corrected chi connectivity index (χ4v) is 2.13. The molecule has 90 valence electrons. The van der Waals surface area contributed by atoms with E-state index in [1.807, 2.05) is 32.0 Å². The Hall–Kier alpha value is -0.840. The summed E-state index contributed by atoms with van der Waals surface area (Å²) in [6.45, 7) is 3.70. The second-order valence-electron chi connectivity index (χ2n) is 4.15. The standard InChI is InChI=1S/C13H16N2O2.Na/c1-3-13(4-2)11(16)14-15(12(13)17)10-8-6-5-7-9-10;/h5-9H,3-4H2,1-2H3,(H,14,16);/q;+1/p-1. The molecular weight excluding hydrogens is 239 g/mol. The Bertz CT molecular complexity index is 455. The quantitative estimate of drug-likeness (QED) is 0.618. The van der Waals surface area contributed by atoms with Crippen molar-refractivity contribution in [2.75, 3.05) is 5.01 Å². The number of hydrogen-bond acceptors (Lipinski definition) is 3. The maximum Gasteiger partial charge on any atom is 1.00 e. The van der Waals surface area contributed by atoms with Crippen molar-refractivity contribution in [1.82, 2.24) is 0 Å². The average Bonchev–Trinajstić information content (AvgIpc) is 2.63. The molecule has 1 amide bonds. The van der Waals surface area contributed by atoms with Crippen LogP contribution in [0.4, 0.5) is 5.69 Å². The fourth-order valence-electron chi connectivity index (χ4n) is 2.13. The molecule has 1 aromatic rings. The third-order valence-electron chi connectivity index (χ3n) is 3.41. The van der Waals surface area contributed by atoms with Gasteiger partial charge in [0.2, 0.25) is 0 Å². The molecule has 0 aromatic heterocycles. The summed E-state index contributed by atoms with van der Waals surface area (Å²) in [6.07, 6.45) is 0.988. The molecule has 1 aliphatic heterocycles. The second kappa shape index (κ2) is 5.87. The van der Waals surface area contributed by atoms with Crippen molar-refractivity contribution in [1.29, 1.82) is 0 Å². The normalized spacial score (nSPS) is 17.3. The topological polar surface area (TPSA) is 55.7 Å². The zero-order chi connectivity index (χ0) is 12.5. The first-order valence-electron chi connectivity index (χ1n) is 5.81. The van der Waals surface area contributed by atoms with Gasteiger partial charge in [-0.2, -0.15) is 5.10 Å². The smallest absolute Gasteiger partial charge is 0.860 e. The van der Waals surface area contributed by atoms with Crippen molar-refractivity contribution in [3.63, 3.8) is 0 Å². The Morgan fingerprint density at radius 2 is 1.78 bits per heavy atom. The van der Waals surface area contributed by atoms with Crippen molar-refractivity contribution in [2.24, 2.45) is 10.5 Å². The molecule has 0 saturated heterocycles. The third kappa shape index (κ3) is 2.20. The zero-order valence-corrected chi connectivity index (χ0v) is 13.0. The molecule has 5 heteroatoms. The molecule has 0 N–H and O–H groups in total. The number of para-hydroxylation sites is 1. The second-order valence-corrected chi connectivity index (χ2v) is 4.15. The molecular formula is C13H15N2NaO2. The predicted octanol–water partition coefficient (Wildman–Crippen LogP) is -1.48. The van der Waals surface area contributed by atoms with E-state index in [2.05, 4.69) is 5.10 Å². The van der Waals surface area contributed by atoms with Crippen LogP contribution in [0.5, 0.6) is 0 Å². The third-order valence-corrected chi connectivity index (χ3v) is 3.41. The van der Waals surface area contributed by atoms with Gasteiger partial charge in [0.15, 0.2) is 0 Å². The van der Waals surface area contributed by atoms with Crippen molar-refractivity contribution in [3.05, 3.63) is 30.3 Å². The number of anilines is 1. The van der Waals surface area contributed by atoms with Crippen LogP contribution in [0.15, 0.2) is 35.4 Å². The summed E-state index contributed by atoms with van der Waals surface area (Å²) < 4.78 is 0. The Morgan fingerprint density at radius 3 is 2.22 bits per heavy atom. The van der Waals surface area contributed by atoms with Crippen LogP contribution in [-0.2, 0) is 4.79 Å².